The van der Waals surface area contributed by atoms with E-state index >= 15 is 0 Å². The first-order valence-electron chi connectivity index (χ1n) is 6.11. The molecule has 18 heavy (non-hydrogen) atoms. The van der Waals surface area contributed by atoms with Crippen LogP contribution in [0.25, 0.3) is 0 Å². The number of carbonyl (C=O) groups is 1. The number of anilines is 1. The summed E-state index contributed by atoms with van der Waals surface area (Å²) in [4.78, 5) is 11.8. The van der Waals surface area contributed by atoms with Crippen LogP contribution in [-0.4, -0.2) is 23.5 Å². The van der Waals surface area contributed by atoms with E-state index in [0.29, 0.717) is 17.4 Å². The Morgan fingerprint density at radius 1 is 1.50 bits per heavy atom. The molecular formula is C13H17FN2OS. The molecule has 3 nitrogen and oxygen atoms in total. The lowest BCUT2D eigenvalue weighted by Gasteiger charge is -2.21. The molecular weight excluding hydrogens is 251 g/mol. The molecule has 0 spiro atoms. The van der Waals surface area contributed by atoms with E-state index in [1.165, 1.54) is 25.0 Å². The molecule has 1 aromatic rings. The maximum absolute atomic E-state index is 13.2. The highest BCUT2D eigenvalue weighted by atomic mass is 32.2. The summed E-state index contributed by atoms with van der Waals surface area (Å²) in [7, 11) is 0. The highest BCUT2D eigenvalue weighted by molar-refractivity contribution is 7.99. The predicted molar refractivity (Wildman–Crippen MR) is 73.2 cm³/mol. The van der Waals surface area contributed by atoms with Gasteiger partial charge in [-0.1, -0.05) is 6.42 Å². The highest BCUT2D eigenvalue weighted by Gasteiger charge is 2.15. The van der Waals surface area contributed by atoms with Gasteiger partial charge in [-0.2, -0.15) is 11.8 Å². The van der Waals surface area contributed by atoms with Crippen molar-refractivity contribution in [2.75, 3.05) is 18.0 Å². The van der Waals surface area contributed by atoms with Crippen LogP contribution in [0.4, 0.5) is 10.1 Å². The normalized spacial score (nSPS) is 19.5. The minimum atomic E-state index is -0.547. The zero-order valence-corrected chi connectivity index (χ0v) is 10.9. The van der Waals surface area contributed by atoms with Crippen LogP contribution in [0.3, 0.4) is 0 Å². The number of nitrogens with one attached hydrogen (secondary N) is 1. The van der Waals surface area contributed by atoms with Gasteiger partial charge in [0.25, 0.3) is 5.91 Å². The van der Waals surface area contributed by atoms with E-state index in [1.807, 2.05) is 11.8 Å². The third-order valence-corrected chi connectivity index (χ3v) is 4.43. The Balaban J connectivity index is 1.88. The average molecular weight is 268 g/mol. The van der Waals surface area contributed by atoms with Crippen molar-refractivity contribution < 1.29 is 9.18 Å². The Labute approximate surface area is 110 Å². The summed E-state index contributed by atoms with van der Waals surface area (Å²) in [6.07, 6.45) is 3.63. The summed E-state index contributed by atoms with van der Waals surface area (Å²) >= 11 is 1.90. The second-order valence-corrected chi connectivity index (χ2v) is 5.84. The van der Waals surface area contributed by atoms with E-state index in [2.05, 4.69) is 5.32 Å². The Bertz CT molecular complexity index is 433. The largest absolute Gasteiger partial charge is 0.396 e. The van der Waals surface area contributed by atoms with Crippen molar-refractivity contribution in [1.29, 1.82) is 0 Å². The van der Waals surface area contributed by atoms with Gasteiger partial charge in [0.15, 0.2) is 0 Å². The molecule has 1 aliphatic rings. The van der Waals surface area contributed by atoms with E-state index in [9.17, 15) is 9.18 Å². The fraction of sp³-hybridized carbons (Fsp3) is 0.462. The number of nitrogens with two attached hydrogens (primary N) is 1. The van der Waals surface area contributed by atoms with Crippen molar-refractivity contribution >= 4 is 23.4 Å². The molecule has 1 fully saturated rings. The summed E-state index contributed by atoms with van der Waals surface area (Å²) < 4.78 is 13.2. The van der Waals surface area contributed by atoms with Crippen molar-refractivity contribution in [3.8, 4) is 0 Å². The monoisotopic (exact) mass is 268 g/mol. The molecule has 2 rings (SSSR count). The quantitative estimate of drug-likeness (QED) is 0.828. The third-order valence-electron chi connectivity index (χ3n) is 3.03. The van der Waals surface area contributed by atoms with Crippen LogP contribution in [-0.2, 0) is 0 Å². The molecule has 5 heteroatoms. The molecule has 0 bridgehead atoms. The molecule has 1 saturated heterocycles. The first kappa shape index (κ1) is 13.2. The lowest BCUT2D eigenvalue weighted by atomic mass is 10.1. The van der Waals surface area contributed by atoms with Crippen LogP contribution in [0.1, 0.15) is 29.6 Å². The van der Waals surface area contributed by atoms with Gasteiger partial charge < -0.3 is 11.1 Å². The molecule has 0 aliphatic carbocycles. The van der Waals surface area contributed by atoms with Gasteiger partial charge in [0.1, 0.15) is 5.82 Å². The van der Waals surface area contributed by atoms with Crippen molar-refractivity contribution in [2.24, 2.45) is 0 Å². The van der Waals surface area contributed by atoms with Crippen molar-refractivity contribution in [1.82, 2.24) is 5.32 Å². The van der Waals surface area contributed by atoms with Crippen molar-refractivity contribution in [2.45, 2.75) is 24.5 Å². The van der Waals surface area contributed by atoms with Gasteiger partial charge in [-0.25, -0.2) is 4.39 Å². The van der Waals surface area contributed by atoms with E-state index < -0.39 is 5.82 Å². The van der Waals surface area contributed by atoms with Crippen molar-refractivity contribution in [3.05, 3.63) is 29.6 Å². The number of hydrogen-bond acceptors (Lipinski definition) is 3. The summed E-state index contributed by atoms with van der Waals surface area (Å²) in [5, 5.41) is 3.34. The van der Waals surface area contributed by atoms with Crippen LogP contribution >= 0.6 is 11.8 Å². The van der Waals surface area contributed by atoms with Crippen LogP contribution < -0.4 is 11.1 Å². The first-order valence-corrected chi connectivity index (χ1v) is 7.16. The van der Waals surface area contributed by atoms with Gasteiger partial charge in [-0.05, 0) is 36.8 Å². The molecule has 1 atom stereocenters. The second kappa shape index (κ2) is 6.09. The molecule has 1 aromatic carbocycles. The first-order chi connectivity index (χ1) is 8.66. The van der Waals surface area contributed by atoms with Gasteiger partial charge in [-0.15, -0.1) is 0 Å². The Morgan fingerprint density at radius 3 is 3.00 bits per heavy atom. The Morgan fingerprint density at radius 2 is 2.33 bits per heavy atom. The van der Waals surface area contributed by atoms with Gasteiger partial charge in [-0.3, -0.25) is 4.79 Å². The summed E-state index contributed by atoms with van der Waals surface area (Å²) in [6.45, 7) is 0.648. The van der Waals surface area contributed by atoms with Crippen molar-refractivity contribution in [3.63, 3.8) is 0 Å². The number of nitrogen functional groups attached to an aromatic ring is 1. The minimum Gasteiger partial charge on any atom is -0.396 e. The number of halogens is 1. The van der Waals surface area contributed by atoms with Crippen LogP contribution in [0, 0.1) is 5.82 Å². The molecule has 1 unspecified atom stereocenters. The number of rotatable bonds is 3. The number of carbonyl (C=O) groups excluding carboxylic acids is 1. The maximum Gasteiger partial charge on any atom is 0.251 e. The zero-order chi connectivity index (χ0) is 13.0. The number of thioether (sulfide) groups is 1. The van der Waals surface area contributed by atoms with E-state index in [0.717, 1.165) is 12.2 Å². The molecule has 1 heterocycles. The average Bonchev–Trinajstić information content (AvgIpc) is 2.40. The molecule has 0 saturated carbocycles. The molecule has 3 N–H and O–H groups in total. The van der Waals surface area contributed by atoms with E-state index in [1.54, 1.807) is 6.07 Å². The fourth-order valence-corrected chi connectivity index (χ4v) is 3.18. The predicted octanol–water partition coefficient (Wildman–Crippen LogP) is 2.42. The number of benzene rings is 1. The summed E-state index contributed by atoms with van der Waals surface area (Å²) in [5.41, 5.74) is 5.76. The van der Waals surface area contributed by atoms with Crippen LogP contribution in [0.2, 0.25) is 0 Å². The lowest BCUT2D eigenvalue weighted by molar-refractivity contribution is 0.0953. The van der Waals surface area contributed by atoms with Crippen LogP contribution in [0.15, 0.2) is 18.2 Å². The van der Waals surface area contributed by atoms with Gasteiger partial charge in [0, 0.05) is 17.4 Å². The van der Waals surface area contributed by atoms with Gasteiger partial charge in [0.05, 0.1) is 5.69 Å². The standard InChI is InChI=1S/C13H17FN2OS/c14-11-7-9(4-5-12(11)15)13(17)16-8-10-3-1-2-6-18-10/h4-5,7,10H,1-3,6,8,15H2,(H,16,17). The van der Waals surface area contributed by atoms with Gasteiger partial charge >= 0.3 is 0 Å². The van der Waals surface area contributed by atoms with E-state index in [-0.39, 0.29) is 11.6 Å². The second-order valence-electron chi connectivity index (χ2n) is 4.43. The Hall–Kier alpha value is -1.23. The SMILES string of the molecule is Nc1ccc(C(=O)NCC2CCCCS2)cc1F. The molecule has 1 amide bonds. The van der Waals surface area contributed by atoms with E-state index in [4.69, 9.17) is 5.73 Å². The summed E-state index contributed by atoms with van der Waals surface area (Å²) in [5.74, 6) is 0.381. The summed E-state index contributed by atoms with van der Waals surface area (Å²) in [6, 6.07) is 4.14. The molecule has 1 aliphatic heterocycles. The smallest absolute Gasteiger partial charge is 0.251 e. The fourth-order valence-electron chi connectivity index (χ4n) is 1.95. The third kappa shape index (κ3) is 3.38. The molecule has 0 radical (unpaired) electrons. The highest BCUT2D eigenvalue weighted by Crippen LogP contribution is 2.24. The molecule has 0 aromatic heterocycles. The van der Waals surface area contributed by atoms with Crippen LogP contribution in [0.5, 0.6) is 0 Å². The number of hydrogen-bond donors (Lipinski definition) is 2. The van der Waals surface area contributed by atoms with Gasteiger partial charge in [0.2, 0.25) is 0 Å². The maximum atomic E-state index is 13.2. The minimum absolute atomic E-state index is 0.0642. The molecule has 98 valence electrons. The lowest BCUT2D eigenvalue weighted by Crippen LogP contribution is -2.31. The zero-order valence-electron chi connectivity index (χ0n) is 10.1. The Kier molecular flexibility index (Phi) is 4.47. The number of amides is 1. The topological polar surface area (TPSA) is 55.1 Å².